The van der Waals surface area contributed by atoms with Crippen molar-refractivity contribution in [3.8, 4) is 0 Å². The van der Waals surface area contributed by atoms with Crippen molar-refractivity contribution in [3.05, 3.63) is 11.1 Å². The molecule has 0 aromatic carbocycles. The molecule has 6 heteroatoms. The zero-order valence-corrected chi connectivity index (χ0v) is 12.2. The molecule has 18 heavy (non-hydrogen) atoms. The fourth-order valence-electron chi connectivity index (χ4n) is 1.53. The van der Waals surface area contributed by atoms with E-state index in [2.05, 4.69) is 28.6 Å². The minimum Gasteiger partial charge on any atom is -0.476 e. The van der Waals surface area contributed by atoms with Gasteiger partial charge < -0.3 is 14.9 Å². The summed E-state index contributed by atoms with van der Waals surface area (Å²) in [7, 11) is 4.05. The standard InChI is InChI=1S/C12H21N3O2S/c1-9(2)7-15(6-5-14(3)4)12-13-10(8-18-12)11(16)17/h8-9H,5-7H2,1-4H3,(H,16,17). The summed E-state index contributed by atoms with van der Waals surface area (Å²) in [4.78, 5) is 19.3. The maximum Gasteiger partial charge on any atom is 0.355 e. The molecule has 0 spiro atoms. The Morgan fingerprint density at radius 1 is 1.44 bits per heavy atom. The lowest BCUT2D eigenvalue weighted by molar-refractivity contribution is 0.0691. The van der Waals surface area contributed by atoms with E-state index >= 15 is 0 Å². The molecule has 0 aliphatic heterocycles. The lowest BCUT2D eigenvalue weighted by Gasteiger charge is -2.25. The van der Waals surface area contributed by atoms with Gasteiger partial charge in [0.15, 0.2) is 10.8 Å². The average Bonchev–Trinajstić information content (AvgIpc) is 2.72. The molecule has 0 aliphatic rings. The van der Waals surface area contributed by atoms with Crippen LogP contribution in [0.5, 0.6) is 0 Å². The normalized spacial score (nSPS) is 11.2. The van der Waals surface area contributed by atoms with Gasteiger partial charge in [0.25, 0.3) is 0 Å². The highest BCUT2D eigenvalue weighted by atomic mass is 32.1. The van der Waals surface area contributed by atoms with Crippen LogP contribution in [0.25, 0.3) is 0 Å². The molecule has 0 unspecified atom stereocenters. The lowest BCUT2D eigenvalue weighted by atomic mass is 10.2. The van der Waals surface area contributed by atoms with Gasteiger partial charge in [-0.1, -0.05) is 13.8 Å². The van der Waals surface area contributed by atoms with Crippen molar-refractivity contribution in [2.24, 2.45) is 5.92 Å². The number of hydrogen-bond donors (Lipinski definition) is 1. The van der Waals surface area contributed by atoms with Gasteiger partial charge in [-0.2, -0.15) is 0 Å². The topological polar surface area (TPSA) is 56.7 Å². The second kappa shape index (κ2) is 6.70. The van der Waals surface area contributed by atoms with E-state index in [4.69, 9.17) is 5.11 Å². The van der Waals surface area contributed by atoms with Crippen molar-refractivity contribution in [3.63, 3.8) is 0 Å². The number of nitrogens with zero attached hydrogens (tertiary/aromatic N) is 3. The van der Waals surface area contributed by atoms with E-state index in [0.29, 0.717) is 5.92 Å². The fraction of sp³-hybridized carbons (Fsp3) is 0.667. The van der Waals surface area contributed by atoms with E-state index in [0.717, 1.165) is 24.8 Å². The largest absolute Gasteiger partial charge is 0.476 e. The van der Waals surface area contributed by atoms with Crippen LogP contribution in [-0.2, 0) is 0 Å². The minimum atomic E-state index is -0.963. The average molecular weight is 271 g/mol. The first kappa shape index (κ1) is 14.9. The van der Waals surface area contributed by atoms with Gasteiger partial charge in [-0.25, -0.2) is 9.78 Å². The number of hydrogen-bond acceptors (Lipinski definition) is 5. The number of rotatable bonds is 7. The van der Waals surface area contributed by atoms with Gasteiger partial charge in [-0.3, -0.25) is 0 Å². The molecule has 1 heterocycles. The van der Waals surface area contributed by atoms with Crippen LogP contribution in [0.1, 0.15) is 24.3 Å². The molecule has 1 rings (SSSR count). The highest BCUT2D eigenvalue weighted by Gasteiger charge is 2.15. The maximum absolute atomic E-state index is 10.8. The number of aromatic carboxylic acids is 1. The predicted octanol–water partition coefficient (Wildman–Crippen LogP) is 1.87. The number of carboxylic acids is 1. The summed E-state index contributed by atoms with van der Waals surface area (Å²) in [5, 5.41) is 11.3. The predicted molar refractivity (Wildman–Crippen MR) is 74.7 cm³/mol. The summed E-state index contributed by atoms with van der Waals surface area (Å²) in [6, 6.07) is 0. The molecule has 0 amide bonds. The molecule has 0 aliphatic carbocycles. The summed E-state index contributed by atoms with van der Waals surface area (Å²) in [5.41, 5.74) is 0.133. The molecule has 5 nitrogen and oxygen atoms in total. The molecular weight excluding hydrogens is 250 g/mol. The van der Waals surface area contributed by atoms with Gasteiger partial charge in [-0.05, 0) is 20.0 Å². The molecule has 0 saturated heterocycles. The first-order chi connectivity index (χ1) is 8.40. The van der Waals surface area contributed by atoms with Crippen LogP contribution < -0.4 is 4.90 Å². The van der Waals surface area contributed by atoms with Crippen molar-refractivity contribution in [1.29, 1.82) is 0 Å². The molecule has 0 atom stereocenters. The molecule has 1 aromatic heterocycles. The number of carboxylic acid groups (broad SMARTS) is 1. The van der Waals surface area contributed by atoms with E-state index in [-0.39, 0.29) is 5.69 Å². The summed E-state index contributed by atoms with van der Waals surface area (Å²) < 4.78 is 0. The Balaban J connectivity index is 2.76. The van der Waals surface area contributed by atoms with Crippen LogP contribution in [0, 0.1) is 5.92 Å². The Morgan fingerprint density at radius 2 is 2.11 bits per heavy atom. The molecular formula is C12H21N3O2S. The molecule has 102 valence electrons. The first-order valence-corrected chi connectivity index (χ1v) is 6.86. The SMILES string of the molecule is CC(C)CN(CCN(C)C)c1nc(C(=O)O)cs1. The van der Waals surface area contributed by atoms with Crippen LogP contribution in [0.15, 0.2) is 5.38 Å². The van der Waals surface area contributed by atoms with E-state index in [9.17, 15) is 4.79 Å². The number of aromatic nitrogens is 1. The second-order valence-electron chi connectivity index (χ2n) is 4.96. The molecule has 0 fully saturated rings. The summed E-state index contributed by atoms with van der Waals surface area (Å²) in [5.74, 6) is -0.445. The molecule has 0 radical (unpaired) electrons. The summed E-state index contributed by atoms with van der Waals surface area (Å²) >= 11 is 1.40. The molecule has 1 N–H and O–H groups in total. The number of thiazole rings is 1. The Kier molecular flexibility index (Phi) is 5.55. The first-order valence-electron chi connectivity index (χ1n) is 5.98. The van der Waals surface area contributed by atoms with Crippen molar-refractivity contribution in [1.82, 2.24) is 9.88 Å². The molecule has 0 saturated carbocycles. The van der Waals surface area contributed by atoms with Crippen LogP contribution >= 0.6 is 11.3 Å². The smallest absolute Gasteiger partial charge is 0.355 e. The van der Waals surface area contributed by atoms with Crippen LogP contribution in [0.3, 0.4) is 0 Å². The van der Waals surface area contributed by atoms with Crippen molar-refractivity contribution in [2.75, 3.05) is 38.6 Å². The van der Waals surface area contributed by atoms with Crippen molar-refractivity contribution >= 4 is 22.4 Å². The van der Waals surface area contributed by atoms with Crippen molar-refractivity contribution < 1.29 is 9.90 Å². The highest BCUT2D eigenvalue weighted by Crippen LogP contribution is 2.21. The summed E-state index contributed by atoms with van der Waals surface area (Å²) in [6.07, 6.45) is 0. The zero-order chi connectivity index (χ0) is 13.7. The maximum atomic E-state index is 10.8. The number of carbonyl (C=O) groups is 1. The third kappa shape index (κ3) is 4.62. The summed E-state index contributed by atoms with van der Waals surface area (Å²) in [6.45, 7) is 6.97. The van der Waals surface area contributed by atoms with E-state index in [1.165, 1.54) is 11.3 Å². The Morgan fingerprint density at radius 3 is 2.56 bits per heavy atom. The van der Waals surface area contributed by atoms with Crippen LogP contribution in [0.2, 0.25) is 0 Å². The van der Waals surface area contributed by atoms with E-state index in [1.807, 2.05) is 14.1 Å². The quantitative estimate of drug-likeness (QED) is 0.820. The van der Waals surface area contributed by atoms with Gasteiger partial charge in [0.05, 0.1) is 0 Å². The van der Waals surface area contributed by atoms with E-state index < -0.39 is 5.97 Å². The third-order valence-corrected chi connectivity index (χ3v) is 3.29. The fourth-order valence-corrected chi connectivity index (χ4v) is 2.37. The van der Waals surface area contributed by atoms with Crippen molar-refractivity contribution in [2.45, 2.75) is 13.8 Å². The second-order valence-corrected chi connectivity index (χ2v) is 5.80. The van der Waals surface area contributed by atoms with Crippen LogP contribution in [-0.4, -0.2) is 54.7 Å². The Labute approximate surface area is 112 Å². The Hall–Kier alpha value is -1.14. The lowest BCUT2D eigenvalue weighted by Crippen LogP contribution is -2.34. The van der Waals surface area contributed by atoms with Crippen LogP contribution in [0.4, 0.5) is 5.13 Å². The number of anilines is 1. The third-order valence-electron chi connectivity index (χ3n) is 2.38. The minimum absolute atomic E-state index is 0.133. The van der Waals surface area contributed by atoms with Gasteiger partial charge >= 0.3 is 5.97 Å². The van der Waals surface area contributed by atoms with Gasteiger partial charge in [0.2, 0.25) is 0 Å². The Bertz CT molecular complexity index is 390. The zero-order valence-electron chi connectivity index (χ0n) is 11.4. The highest BCUT2D eigenvalue weighted by molar-refractivity contribution is 7.13. The van der Waals surface area contributed by atoms with E-state index in [1.54, 1.807) is 5.38 Å². The van der Waals surface area contributed by atoms with Gasteiger partial charge in [-0.15, -0.1) is 11.3 Å². The molecule has 0 bridgehead atoms. The van der Waals surface area contributed by atoms with Gasteiger partial charge in [0, 0.05) is 25.0 Å². The van der Waals surface area contributed by atoms with Gasteiger partial charge in [0.1, 0.15) is 0 Å². The number of likely N-dealkylation sites (N-methyl/N-ethyl adjacent to an activating group) is 1. The monoisotopic (exact) mass is 271 g/mol. The molecule has 1 aromatic rings.